The average Bonchev–Trinajstić information content (AvgIpc) is 2.93. The van der Waals surface area contributed by atoms with Crippen molar-refractivity contribution in [2.75, 3.05) is 12.3 Å². The maximum atomic E-state index is 12.4. The lowest BCUT2D eigenvalue weighted by atomic mass is 10.0. The first-order valence-corrected chi connectivity index (χ1v) is 8.27. The van der Waals surface area contributed by atoms with Gasteiger partial charge in [-0.25, -0.2) is 0 Å². The molecule has 1 aliphatic rings. The average molecular weight is 302 g/mol. The van der Waals surface area contributed by atoms with Crippen molar-refractivity contribution in [3.63, 3.8) is 0 Å². The highest BCUT2D eigenvalue weighted by Gasteiger charge is 2.37. The van der Waals surface area contributed by atoms with E-state index >= 15 is 0 Å². The van der Waals surface area contributed by atoms with Gasteiger partial charge in [-0.1, -0.05) is 24.0 Å². The second-order valence-corrected chi connectivity index (χ2v) is 7.11. The van der Waals surface area contributed by atoms with Crippen molar-refractivity contribution < 1.29 is 4.79 Å². The van der Waals surface area contributed by atoms with Crippen LogP contribution in [0.1, 0.15) is 43.9 Å². The number of carbonyl (C=O) groups is 1. The first kappa shape index (κ1) is 15.9. The molecule has 21 heavy (non-hydrogen) atoms. The maximum absolute atomic E-state index is 12.4. The van der Waals surface area contributed by atoms with E-state index in [9.17, 15) is 4.79 Å². The monoisotopic (exact) mass is 302 g/mol. The Bertz CT molecular complexity index is 568. The van der Waals surface area contributed by atoms with Crippen molar-refractivity contribution in [3.8, 4) is 11.8 Å². The normalized spacial score (nSPS) is 22.2. The highest BCUT2D eigenvalue weighted by molar-refractivity contribution is 8.01. The van der Waals surface area contributed by atoms with Crippen LogP contribution in [-0.4, -0.2) is 23.0 Å². The van der Waals surface area contributed by atoms with Gasteiger partial charge >= 0.3 is 0 Å². The molecule has 1 saturated heterocycles. The number of nitrogens with one attached hydrogen (secondary N) is 1. The Morgan fingerprint density at radius 3 is 3.05 bits per heavy atom. The van der Waals surface area contributed by atoms with Gasteiger partial charge in [-0.2, -0.15) is 0 Å². The molecule has 1 fully saturated rings. The molecule has 2 unspecified atom stereocenters. The summed E-state index contributed by atoms with van der Waals surface area (Å²) in [5, 5.41) is 3.13. The molecule has 1 aromatic carbocycles. The third-order valence-electron chi connectivity index (χ3n) is 3.77. The number of carbonyl (C=O) groups excluding carboxylic acids is 1. The Hall–Kier alpha value is -1.44. The quantitative estimate of drug-likeness (QED) is 0.843. The summed E-state index contributed by atoms with van der Waals surface area (Å²) in [6.45, 7) is 4.40. The summed E-state index contributed by atoms with van der Waals surface area (Å²) in [5.74, 6) is 7.08. The number of amides is 1. The fourth-order valence-corrected chi connectivity index (χ4v) is 3.65. The molecule has 0 radical (unpaired) electrons. The van der Waals surface area contributed by atoms with Crippen LogP contribution in [-0.2, 0) is 4.79 Å². The van der Waals surface area contributed by atoms with Crippen LogP contribution < -0.4 is 11.1 Å². The molecule has 1 aromatic rings. The molecule has 1 amide bonds. The highest BCUT2D eigenvalue weighted by Crippen LogP contribution is 2.38. The zero-order valence-corrected chi connectivity index (χ0v) is 13.4. The molecule has 1 aliphatic heterocycles. The van der Waals surface area contributed by atoms with Crippen LogP contribution in [0.25, 0.3) is 0 Å². The van der Waals surface area contributed by atoms with Gasteiger partial charge in [-0.15, -0.1) is 11.8 Å². The smallest absolute Gasteiger partial charge is 0.236 e. The Morgan fingerprint density at radius 2 is 2.38 bits per heavy atom. The molecule has 3 N–H and O–H groups in total. The molecule has 1 heterocycles. The third-order valence-corrected chi connectivity index (χ3v) is 5.29. The second kappa shape index (κ2) is 7.02. The van der Waals surface area contributed by atoms with Gasteiger partial charge in [-0.3, -0.25) is 4.79 Å². The van der Waals surface area contributed by atoms with Crippen molar-refractivity contribution in [2.45, 2.75) is 37.5 Å². The summed E-state index contributed by atoms with van der Waals surface area (Å²) >= 11 is 1.76. The van der Waals surface area contributed by atoms with Crippen LogP contribution in [0.2, 0.25) is 0 Å². The van der Waals surface area contributed by atoms with Crippen LogP contribution in [0, 0.1) is 11.8 Å². The number of benzene rings is 1. The van der Waals surface area contributed by atoms with E-state index in [4.69, 9.17) is 5.73 Å². The number of thioether (sulfide) groups is 1. The van der Waals surface area contributed by atoms with E-state index in [2.05, 4.69) is 17.2 Å². The zero-order valence-electron chi connectivity index (χ0n) is 12.6. The minimum atomic E-state index is -0.273. The first-order chi connectivity index (χ1) is 10.0. The Kier molecular flexibility index (Phi) is 5.33. The van der Waals surface area contributed by atoms with Gasteiger partial charge < -0.3 is 11.1 Å². The molecule has 0 spiro atoms. The Labute approximate surface area is 131 Å². The molecule has 2 atom stereocenters. The van der Waals surface area contributed by atoms with E-state index in [1.54, 1.807) is 11.8 Å². The van der Waals surface area contributed by atoms with Crippen LogP contribution in [0.15, 0.2) is 24.3 Å². The van der Waals surface area contributed by atoms with Crippen LogP contribution in [0.4, 0.5) is 0 Å². The number of hydrogen-bond acceptors (Lipinski definition) is 3. The first-order valence-electron chi connectivity index (χ1n) is 7.29. The van der Waals surface area contributed by atoms with E-state index in [1.165, 1.54) is 0 Å². The van der Waals surface area contributed by atoms with Crippen molar-refractivity contribution in [1.29, 1.82) is 0 Å². The molecule has 3 nitrogen and oxygen atoms in total. The zero-order chi connectivity index (χ0) is 15.3. The molecule has 0 aromatic heterocycles. The molecule has 2 rings (SSSR count). The largest absolute Gasteiger partial charge is 0.348 e. The van der Waals surface area contributed by atoms with Crippen LogP contribution >= 0.6 is 11.8 Å². The minimum Gasteiger partial charge on any atom is -0.348 e. The van der Waals surface area contributed by atoms with E-state index in [-0.39, 0.29) is 16.7 Å². The maximum Gasteiger partial charge on any atom is 0.236 e. The standard InChI is InChI=1S/C17H22N2OS/c1-13(19-16(20)17(2)9-5-11-21-17)15-8-3-6-14(12-15)7-4-10-18/h3,6,8,12-13H,5,9-11,18H2,1-2H3,(H,19,20). The summed E-state index contributed by atoms with van der Waals surface area (Å²) in [6, 6.07) is 7.93. The van der Waals surface area contributed by atoms with E-state index in [1.807, 2.05) is 38.1 Å². The topological polar surface area (TPSA) is 55.1 Å². The van der Waals surface area contributed by atoms with Crippen molar-refractivity contribution in [2.24, 2.45) is 5.73 Å². The Morgan fingerprint density at radius 1 is 1.57 bits per heavy atom. The number of rotatable bonds is 3. The van der Waals surface area contributed by atoms with Gasteiger partial charge in [0.15, 0.2) is 0 Å². The van der Waals surface area contributed by atoms with Crippen molar-refractivity contribution >= 4 is 17.7 Å². The summed E-state index contributed by atoms with van der Waals surface area (Å²) in [4.78, 5) is 12.4. The predicted molar refractivity (Wildman–Crippen MR) is 89.0 cm³/mol. The lowest BCUT2D eigenvalue weighted by Crippen LogP contribution is -2.41. The fraction of sp³-hybridized carbons (Fsp3) is 0.471. The molecule has 0 bridgehead atoms. The molecular weight excluding hydrogens is 280 g/mol. The number of nitrogens with two attached hydrogens (primary N) is 1. The van der Waals surface area contributed by atoms with Gasteiger partial charge in [0.05, 0.1) is 17.3 Å². The molecule has 112 valence electrons. The summed E-state index contributed by atoms with van der Waals surface area (Å²) < 4.78 is -0.273. The van der Waals surface area contributed by atoms with Crippen molar-refractivity contribution in [3.05, 3.63) is 35.4 Å². The molecule has 4 heteroatoms. The lowest BCUT2D eigenvalue weighted by molar-refractivity contribution is -0.123. The Balaban J connectivity index is 2.06. The lowest BCUT2D eigenvalue weighted by Gasteiger charge is -2.24. The predicted octanol–water partition coefficient (Wildman–Crippen LogP) is 2.46. The number of hydrogen-bond donors (Lipinski definition) is 2. The summed E-state index contributed by atoms with van der Waals surface area (Å²) in [6.07, 6.45) is 2.07. The van der Waals surface area contributed by atoms with Crippen LogP contribution in [0.3, 0.4) is 0 Å². The third kappa shape index (κ3) is 4.03. The van der Waals surface area contributed by atoms with Gasteiger partial charge in [0.2, 0.25) is 5.91 Å². The van der Waals surface area contributed by atoms with Gasteiger partial charge in [0.1, 0.15) is 0 Å². The van der Waals surface area contributed by atoms with Crippen LogP contribution in [0.5, 0.6) is 0 Å². The molecular formula is C17H22N2OS. The van der Waals surface area contributed by atoms with Gasteiger partial charge in [0, 0.05) is 5.56 Å². The molecule has 0 aliphatic carbocycles. The summed E-state index contributed by atoms with van der Waals surface area (Å²) in [5.41, 5.74) is 7.39. The van der Waals surface area contributed by atoms with E-state index in [0.717, 1.165) is 29.7 Å². The second-order valence-electron chi connectivity index (χ2n) is 5.51. The van der Waals surface area contributed by atoms with E-state index in [0.29, 0.717) is 6.54 Å². The SMILES string of the molecule is CC(NC(=O)C1(C)CCCS1)c1cccc(C#CCN)c1. The van der Waals surface area contributed by atoms with Gasteiger partial charge in [0.25, 0.3) is 0 Å². The van der Waals surface area contributed by atoms with Crippen molar-refractivity contribution in [1.82, 2.24) is 5.32 Å². The highest BCUT2D eigenvalue weighted by atomic mass is 32.2. The van der Waals surface area contributed by atoms with E-state index < -0.39 is 0 Å². The van der Waals surface area contributed by atoms with Gasteiger partial charge in [-0.05, 0) is 50.1 Å². The fourth-order valence-electron chi connectivity index (χ4n) is 2.43. The minimum absolute atomic E-state index is 0.0184. The summed E-state index contributed by atoms with van der Waals surface area (Å²) in [7, 11) is 0. The molecule has 0 saturated carbocycles.